The molecule has 0 N–H and O–H groups in total. The molecule has 3 unspecified atom stereocenters. The maximum absolute atomic E-state index is 2.86. The molecule has 0 aromatic rings. The highest BCUT2D eigenvalue weighted by molar-refractivity contribution is 4.95. The summed E-state index contributed by atoms with van der Waals surface area (Å²) in [6.45, 7) is 5.23. The molecule has 3 fully saturated rings. The quantitative estimate of drug-likeness (QED) is 0.653. The first-order valence-electron chi connectivity index (χ1n) is 7.62. The Labute approximate surface area is 101 Å². The number of hydrogen-bond acceptors (Lipinski definition) is 1. The van der Waals surface area contributed by atoms with E-state index in [0.717, 1.165) is 23.8 Å². The monoisotopic (exact) mass is 221 g/mol. The molecule has 1 heteroatoms. The first-order chi connectivity index (χ1) is 7.88. The molecule has 3 rings (SSSR count). The molecule has 0 amide bonds. The van der Waals surface area contributed by atoms with Crippen molar-refractivity contribution in [3.63, 3.8) is 0 Å². The highest BCUT2D eigenvalue weighted by Crippen LogP contribution is 2.44. The largest absolute Gasteiger partial charge is 0.300 e. The summed E-state index contributed by atoms with van der Waals surface area (Å²) in [5.74, 6) is 3.18. The van der Waals surface area contributed by atoms with Gasteiger partial charge in [0.05, 0.1) is 0 Å². The average molecular weight is 221 g/mol. The third-order valence-corrected chi connectivity index (χ3v) is 5.59. The van der Waals surface area contributed by atoms with Gasteiger partial charge in [0.15, 0.2) is 0 Å². The predicted molar refractivity (Wildman–Crippen MR) is 68.4 cm³/mol. The molecule has 92 valence electrons. The fraction of sp³-hybridized carbons (Fsp3) is 1.00. The van der Waals surface area contributed by atoms with E-state index in [0.29, 0.717) is 0 Å². The fourth-order valence-electron chi connectivity index (χ4n) is 4.78. The molecular weight excluding hydrogens is 194 g/mol. The Morgan fingerprint density at radius 3 is 2.44 bits per heavy atom. The van der Waals surface area contributed by atoms with E-state index in [1.165, 1.54) is 58.0 Å². The van der Waals surface area contributed by atoms with Gasteiger partial charge in [0.25, 0.3) is 0 Å². The average Bonchev–Trinajstić information content (AvgIpc) is 2.51. The summed E-state index contributed by atoms with van der Waals surface area (Å²) < 4.78 is 0. The lowest BCUT2D eigenvalue weighted by Gasteiger charge is -2.48. The summed E-state index contributed by atoms with van der Waals surface area (Å²) in [6.07, 6.45) is 12.1. The van der Waals surface area contributed by atoms with Gasteiger partial charge in [-0.15, -0.1) is 0 Å². The first-order valence-corrected chi connectivity index (χ1v) is 7.62. The molecule has 2 saturated heterocycles. The highest BCUT2D eigenvalue weighted by Gasteiger charge is 2.41. The summed E-state index contributed by atoms with van der Waals surface area (Å²) in [7, 11) is 0. The number of rotatable bonds is 1. The number of piperidine rings is 2. The molecule has 0 aromatic heterocycles. The smallest absolute Gasteiger partial charge is 0.0152 e. The van der Waals surface area contributed by atoms with Gasteiger partial charge in [-0.3, -0.25) is 4.90 Å². The Hall–Kier alpha value is -0.0400. The van der Waals surface area contributed by atoms with Crippen LogP contribution in [0.3, 0.4) is 0 Å². The van der Waals surface area contributed by atoms with Crippen molar-refractivity contribution < 1.29 is 0 Å². The SMILES string of the molecule is CCC1CC[C@@H]2CCCN3CCCC(C1)C23. The van der Waals surface area contributed by atoms with Crippen molar-refractivity contribution >= 4 is 0 Å². The third-order valence-electron chi connectivity index (χ3n) is 5.59. The Bertz CT molecular complexity index is 236. The highest BCUT2D eigenvalue weighted by atomic mass is 15.2. The number of hydrogen-bond donors (Lipinski definition) is 0. The lowest BCUT2D eigenvalue weighted by atomic mass is 9.75. The first kappa shape index (κ1) is 11.1. The van der Waals surface area contributed by atoms with E-state index < -0.39 is 0 Å². The molecule has 2 aliphatic heterocycles. The van der Waals surface area contributed by atoms with Crippen LogP contribution in [0, 0.1) is 17.8 Å². The second-order valence-corrected chi connectivity index (χ2v) is 6.42. The van der Waals surface area contributed by atoms with Crippen molar-refractivity contribution in [3.8, 4) is 0 Å². The number of nitrogens with zero attached hydrogens (tertiary/aromatic N) is 1. The minimum absolute atomic E-state index is 0.999. The van der Waals surface area contributed by atoms with Crippen LogP contribution < -0.4 is 0 Å². The summed E-state index contributed by atoms with van der Waals surface area (Å²) >= 11 is 0. The molecule has 16 heavy (non-hydrogen) atoms. The zero-order valence-corrected chi connectivity index (χ0v) is 10.8. The van der Waals surface area contributed by atoms with Gasteiger partial charge in [-0.1, -0.05) is 19.8 Å². The second kappa shape index (κ2) is 4.68. The molecule has 1 saturated carbocycles. The molecule has 2 heterocycles. The van der Waals surface area contributed by atoms with E-state index in [-0.39, 0.29) is 0 Å². The van der Waals surface area contributed by atoms with Crippen LogP contribution in [-0.2, 0) is 0 Å². The van der Waals surface area contributed by atoms with Gasteiger partial charge in [0.2, 0.25) is 0 Å². The van der Waals surface area contributed by atoms with E-state index in [2.05, 4.69) is 11.8 Å². The van der Waals surface area contributed by atoms with Crippen LogP contribution in [0.5, 0.6) is 0 Å². The normalized spacial score (nSPS) is 44.8. The zero-order chi connectivity index (χ0) is 11.0. The topological polar surface area (TPSA) is 3.24 Å². The Balaban J connectivity index is 1.79. The molecule has 0 radical (unpaired) electrons. The molecule has 0 spiro atoms. The standard InChI is InChI=1S/C15H27N/c1-2-12-7-8-13-5-3-9-16-10-4-6-14(11-12)15(13)16/h12-15H,2-11H2,1H3/t12?,13-,14?,15?/m0/s1. The van der Waals surface area contributed by atoms with Crippen molar-refractivity contribution in [2.75, 3.05) is 13.1 Å². The fourth-order valence-corrected chi connectivity index (χ4v) is 4.78. The molecule has 3 aliphatic rings. The van der Waals surface area contributed by atoms with Crippen LogP contribution in [0.2, 0.25) is 0 Å². The summed E-state index contributed by atoms with van der Waals surface area (Å²) in [5, 5.41) is 0. The Kier molecular flexibility index (Phi) is 3.24. The Morgan fingerprint density at radius 2 is 1.69 bits per heavy atom. The van der Waals surface area contributed by atoms with Gasteiger partial charge in [-0.05, 0) is 69.4 Å². The van der Waals surface area contributed by atoms with E-state index in [4.69, 9.17) is 0 Å². The van der Waals surface area contributed by atoms with Gasteiger partial charge in [0.1, 0.15) is 0 Å². The molecule has 1 aliphatic carbocycles. The van der Waals surface area contributed by atoms with Gasteiger partial charge in [0, 0.05) is 6.04 Å². The van der Waals surface area contributed by atoms with Crippen molar-refractivity contribution in [1.29, 1.82) is 0 Å². The minimum Gasteiger partial charge on any atom is -0.300 e. The van der Waals surface area contributed by atoms with Crippen LogP contribution >= 0.6 is 0 Å². The third kappa shape index (κ3) is 1.92. The zero-order valence-electron chi connectivity index (χ0n) is 10.8. The lowest BCUT2D eigenvalue weighted by Crippen LogP contribution is -2.52. The summed E-state index contributed by atoms with van der Waals surface area (Å²) in [5.41, 5.74) is 0. The van der Waals surface area contributed by atoms with E-state index in [9.17, 15) is 0 Å². The van der Waals surface area contributed by atoms with Gasteiger partial charge in [-0.2, -0.15) is 0 Å². The van der Waals surface area contributed by atoms with Crippen LogP contribution in [-0.4, -0.2) is 24.0 Å². The van der Waals surface area contributed by atoms with Gasteiger partial charge in [-0.25, -0.2) is 0 Å². The minimum atomic E-state index is 0.999. The maximum atomic E-state index is 2.86. The van der Waals surface area contributed by atoms with Crippen molar-refractivity contribution in [1.82, 2.24) is 4.90 Å². The van der Waals surface area contributed by atoms with Crippen molar-refractivity contribution in [2.24, 2.45) is 17.8 Å². The van der Waals surface area contributed by atoms with Crippen molar-refractivity contribution in [2.45, 2.75) is 64.3 Å². The maximum Gasteiger partial charge on any atom is 0.0152 e. The van der Waals surface area contributed by atoms with Crippen LogP contribution in [0.25, 0.3) is 0 Å². The van der Waals surface area contributed by atoms with Crippen LogP contribution in [0.1, 0.15) is 58.3 Å². The lowest BCUT2D eigenvalue weighted by molar-refractivity contribution is 0.0170. The molecule has 1 nitrogen and oxygen atoms in total. The van der Waals surface area contributed by atoms with Crippen LogP contribution in [0.15, 0.2) is 0 Å². The van der Waals surface area contributed by atoms with Gasteiger partial charge < -0.3 is 0 Å². The van der Waals surface area contributed by atoms with Gasteiger partial charge >= 0.3 is 0 Å². The Morgan fingerprint density at radius 1 is 0.938 bits per heavy atom. The second-order valence-electron chi connectivity index (χ2n) is 6.42. The predicted octanol–water partition coefficient (Wildman–Crippen LogP) is 3.69. The van der Waals surface area contributed by atoms with E-state index in [1.807, 2.05) is 0 Å². The molecule has 0 aromatic carbocycles. The molecule has 4 atom stereocenters. The van der Waals surface area contributed by atoms with E-state index >= 15 is 0 Å². The van der Waals surface area contributed by atoms with E-state index in [1.54, 1.807) is 6.42 Å². The molecular formula is C15H27N. The summed E-state index contributed by atoms with van der Waals surface area (Å²) in [6, 6.07) is 0.999. The van der Waals surface area contributed by atoms with Crippen molar-refractivity contribution in [3.05, 3.63) is 0 Å². The summed E-state index contributed by atoms with van der Waals surface area (Å²) in [4.78, 5) is 2.86. The van der Waals surface area contributed by atoms with Crippen LogP contribution in [0.4, 0.5) is 0 Å². The molecule has 0 bridgehead atoms.